The molecule has 33 heavy (non-hydrogen) atoms. The van der Waals surface area contributed by atoms with Gasteiger partial charge in [0.1, 0.15) is 12.2 Å². The number of furan rings is 1. The van der Waals surface area contributed by atoms with Crippen LogP contribution in [0.2, 0.25) is 0 Å². The molecule has 1 N–H and O–H groups in total. The highest BCUT2D eigenvalue weighted by Gasteiger charge is 2.13. The maximum atomic E-state index is 12.4. The lowest BCUT2D eigenvalue weighted by Gasteiger charge is -2.14. The maximum Gasteiger partial charge on any atom is 0.307 e. The van der Waals surface area contributed by atoms with Crippen molar-refractivity contribution < 1.29 is 18.7 Å². The van der Waals surface area contributed by atoms with Crippen molar-refractivity contribution in [2.45, 2.75) is 13.5 Å². The number of halogens is 2. The number of hydrogen-bond donors (Lipinski definition) is 1. The number of hydrogen-bond acceptors (Lipinski definition) is 5. The number of aryl methyl sites for hydroxylation is 1. The minimum absolute atomic E-state index is 0.187. The molecule has 0 spiro atoms. The van der Waals surface area contributed by atoms with Gasteiger partial charge in [-0.3, -0.25) is 4.79 Å². The SMILES string of the molecule is COc1cc(/C=N/NC(=O)c2cc3cc(Br)ccc3o2)cc(I)c1OCc1cccc(C)c1. The average molecular weight is 619 g/mol. The van der Waals surface area contributed by atoms with Gasteiger partial charge in [-0.05, 0) is 77.0 Å². The number of fused-ring (bicyclic) bond motifs is 1. The number of carbonyl (C=O) groups excluding carboxylic acids is 1. The zero-order valence-corrected chi connectivity index (χ0v) is 21.6. The normalized spacial score (nSPS) is 11.2. The van der Waals surface area contributed by atoms with E-state index in [2.05, 4.69) is 55.1 Å². The molecular weight excluding hydrogens is 599 g/mol. The van der Waals surface area contributed by atoms with E-state index in [9.17, 15) is 4.79 Å². The zero-order valence-electron chi connectivity index (χ0n) is 17.9. The van der Waals surface area contributed by atoms with Crippen LogP contribution in [-0.2, 0) is 6.61 Å². The summed E-state index contributed by atoms with van der Waals surface area (Å²) in [5.74, 6) is 1.00. The third kappa shape index (κ3) is 5.75. The molecule has 1 amide bonds. The quantitative estimate of drug-likeness (QED) is 0.147. The summed E-state index contributed by atoms with van der Waals surface area (Å²) < 4.78 is 18.9. The van der Waals surface area contributed by atoms with Crippen LogP contribution in [0.5, 0.6) is 11.5 Å². The highest BCUT2D eigenvalue weighted by Crippen LogP contribution is 2.34. The number of rotatable bonds is 7. The second-order valence-electron chi connectivity index (χ2n) is 7.30. The highest BCUT2D eigenvalue weighted by atomic mass is 127. The Morgan fingerprint density at radius 1 is 1.18 bits per heavy atom. The Labute approximate surface area is 213 Å². The molecular formula is C25H20BrIN2O4. The molecule has 1 aromatic heterocycles. The van der Waals surface area contributed by atoms with Crippen LogP contribution in [0.4, 0.5) is 0 Å². The largest absolute Gasteiger partial charge is 0.493 e. The second kappa shape index (κ2) is 10.4. The summed E-state index contributed by atoms with van der Waals surface area (Å²) in [6.45, 7) is 2.49. The molecule has 8 heteroatoms. The Kier molecular flexibility index (Phi) is 7.34. The molecule has 0 fully saturated rings. The first kappa shape index (κ1) is 23.3. The van der Waals surface area contributed by atoms with Crippen LogP contribution in [0.25, 0.3) is 11.0 Å². The van der Waals surface area contributed by atoms with Gasteiger partial charge in [0.15, 0.2) is 17.3 Å². The summed E-state index contributed by atoms with van der Waals surface area (Å²) in [5, 5.41) is 4.89. The van der Waals surface area contributed by atoms with Gasteiger partial charge in [0.25, 0.3) is 0 Å². The molecule has 0 aliphatic rings. The minimum Gasteiger partial charge on any atom is -0.493 e. The number of nitrogens with one attached hydrogen (secondary N) is 1. The average Bonchev–Trinajstić information content (AvgIpc) is 3.21. The van der Waals surface area contributed by atoms with Crippen molar-refractivity contribution in [2.24, 2.45) is 5.10 Å². The standard InChI is InChI=1S/C25H20BrIN2O4/c1-15-4-3-5-16(8-15)14-32-24-20(27)9-17(10-22(24)31-2)13-28-29-25(30)23-12-18-11-19(26)6-7-21(18)33-23/h3-13H,14H2,1-2H3,(H,29,30)/b28-13+. The van der Waals surface area contributed by atoms with Crippen molar-refractivity contribution in [3.8, 4) is 11.5 Å². The van der Waals surface area contributed by atoms with E-state index in [4.69, 9.17) is 13.9 Å². The molecule has 6 nitrogen and oxygen atoms in total. The van der Waals surface area contributed by atoms with Crippen LogP contribution in [0.1, 0.15) is 27.2 Å². The van der Waals surface area contributed by atoms with Crippen LogP contribution in [0, 0.1) is 10.5 Å². The molecule has 4 aromatic rings. The first-order chi connectivity index (χ1) is 15.9. The highest BCUT2D eigenvalue weighted by molar-refractivity contribution is 14.1. The lowest BCUT2D eigenvalue weighted by Crippen LogP contribution is -2.16. The van der Waals surface area contributed by atoms with E-state index < -0.39 is 5.91 Å². The molecule has 4 rings (SSSR count). The van der Waals surface area contributed by atoms with Crippen LogP contribution in [-0.4, -0.2) is 19.2 Å². The fraction of sp³-hybridized carbons (Fsp3) is 0.120. The van der Waals surface area contributed by atoms with E-state index in [1.165, 1.54) is 5.56 Å². The monoisotopic (exact) mass is 618 g/mol. The van der Waals surface area contributed by atoms with E-state index in [0.29, 0.717) is 23.7 Å². The number of ether oxygens (including phenoxy) is 2. The van der Waals surface area contributed by atoms with Gasteiger partial charge in [-0.2, -0.15) is 5.10 Å². The van der Waals surface area contributed by atoms with Gasteiger partial charge in [0.05, 0.1) is 16.9 Å². The molecule has 0 saturated carbocycles. The predicted molar refractivity (Wildman–Crippen MR) is 140 cm³/mol. The first-order valence-electron chi connectivity index (χ1n) is 10.0. The van der Waals surface area contributed by atoms with Gasteiger partial charge in [-0.25, -0.2) is 5.43 Å². The Morgan fingerprint density at radius 2 is 2.03 bits per heavy atom. The lowest BCUT2D eigenvalue weighted by atomic mass is 10.1. The summed E-state index contributed by atoms with van der Waals surface area (Å²) >= 11 is 5.60. The molecule has 0 atom stereocenters. The smallest absolute Gasteiger partial charge is 0.307 e. The number of hydrazone groups is 1. The summed E-state index contributed by atoms with van der Waals surface area (Å²) in [5.41, 5.74) is 6.15. The van der Waals surface area contributed by atoms with Crippen LogP contribution in [0.15, 0.2) is 74.7 Å². The van der Waals surface area contributed by atoms with Crippen molar-refractivity contribution in [1.29, 1.82) is 0 Å². The van der Waals surface area contributed by atoms with Crippen LogP contribution < -0.4 is 14.9 Å². The van der Waals surface area contributed by atoms with Gasteiger partial charge in [0.2, 0.25) is 0 Å². The van der Waals surface area contributed by atoms with E-state index in [-0.39, 0.29) is 5.76 Å². The predicted octanol–water partition coefficient (Wildman–Crippen LogP) is 6.46. The molecule has 3 aromatic carbocycles. The molecule has 0 unspecified atom stereocenters. The Hall–Kier alpha value is -2.85. The number of benzene rings is 3. The number of amides is 1. The van der Waals surface area contributed by atoms with Gasteiger partial charge in [0, 0.05) is 9.86 Å². The van der Waals surface area contributed by atoms with Crippen molar-refractivity contribution in [1.82, 2.24) is 5.43 Å². The van der Waals surface area contributed by atoms with Crippen molar-refractivity contribution >= 4 is 61.6 Å². The van der Waals surface area contributed by atoms with Crippen molar-refractivity contribution in [3.05, 3.63) is 91.2 Å². The van der Waals surface area contributed by atoms with E-state index in [0.717, 1.165) is 24.6 Å². The molecule has 0 saturated heterocycles. The summed E-state index contributed by atoms with van der Waals surface area (Å²) in [6, 6.07) is 19.1. The molecule has 0 bridgehead atoms. The lowest BCUT2D eigenvalue weighted by molar-refractivity contribution is 0.0929. The van der Waals surface area contributed by atoms with Gasteiger partial charge >= 0.3 is 5.91 Å². The Balaban J connectivity index is 1.44. The van der Waals surface area contributed by atoms with Crippen LogP contribution >= 0.6 is 38.5 Å². The summed E-state index contributed by atoms with van der Waals surface area (Å²) in [6.07, 6.45) is 1.55. The third-order valence-electron chi connectivity index (χ3n) is 4.80. The van der Waals surface area contributed by atoms with Crippen LogP contribution in [0.3, 0.4) is 0 Å². The maximum absolute atomic E-state index is 12.4. The van der Waals surface area contributed by atoms with Gasteiger partial charge in [-0.15, -0.1) is 0 Å². The number of methoxy groups -OCH3 is 1. The minimum atomic E-state index is -0.432. The fourth-order valence-corrected chi connectivity index (χ4v) is 4.42. The molecule has 0 aliphatic heterocycles. The summed E-state index contributed by atoms with van der Waals surface area (Å²) in [7, 11) is 1.59. The first-order valence-corrected chi connectivity index (χ1v) is 11.9. The van der Waals surface area contributed by atoms with Crippen molar-refractivity contribution in [2.75, 3.05) is 7.11 Å². The zero-order chi connectivity index (χ0) is 23.4. The van der Waals surface area contributed by atoms with Gasteiger partial charge in [-0.1, -0.05) is 45.8 Å². The Morgan fingerprint density at radius 3 is 2.82 bits per heavy atom. The second-order valence-corrected chi connectivity index (χ2v) is 9.38. The number of carbonyl (C=O) groups is 1. The third-order valence-corrected chi connectivity index (χ3v) is 6.09. The molecule has 1 heterocycles. The number of nitrogens with zero attached hydrogens (tertiary/aromatic N) is 1. The summed E-state index contributed by atoms with van der Waals surface area (Å²) in [4.78, 5) is 12.4. The molecule has 0 aliphatic carbocycles. The van der Waals surface area contributed by atoms with E-state index >= 15 is 0 Å². The van der Waals surface area contributed by atoms with Crippen molar-refractivity contribution in [3.63, 3.8) is 0 Å². The molecule has 0 radical (unpaired) electrons. The van der Waals surface area contributed by atoms with E-state index in [1.807, 2.05) is 49.4 Å². The van der Waals surface area contributed by atoms with Gasteiger partial charge < -0.3 is 13.9 Å². The van der Waals surface area contributed by atoms with E-state index in [1.54, 1.807) is 25.5 Å². The topological polar surface area (TPSA) is 73.1 Å². The fourth-order valence-electron chi connectivity index (χ4n) is 3.26. The Bertz CT molecular complexity index is 1350. The molecule has 168 valence electrons.